The average Bonchev–Trinajstić information content (AvgIpc) is 2.79. The van der Waals surface area contributed by atoms with Crippen molar-refractivity contribution >= 4 is 11.4 Å². The topological polar surface area (TPSA) is 39.1 Å². The normalized spacial score (nSPS) is 20.4. The molecule has 23 heavy (non-hydrogen) atoms. The lowest BCUT2D eigenvalue weighted by Gasteiger charge is -2.30. The molecular formula is C19H23N3O. The number of hydrogen-bond donors (Lipinski definition) is 1. The first-order chi connectivity index (χ1) is 10.9. The first-order valence-corrected chi connectivity index (χ1v) is 7.80. The molecule has 0 saturated carbocycles. The van der Waals surface area contributed by atoms with Crippen LogP contribution >= 0.6 is 0 Å². The number of nitrogens with zero attached hydrogens (tertiary/aromatic N) is 3. The molecule has 1 N–H and O–H groups in total. The second kappa shape index (κ2) is 5.80. The van der Waals surface area contributed by atoms with E-state index in [1.54, 1.807) is 0 Å². The molecule has 1 aliphatic heterocycles. The van der Waals surface area contributed by atoms with Crippen molar-refractivity contribution < 1.29 is 5.21 Å². The molecule has 2 aromatic rings. The van der Waals surface area contributed by atoms with Gasteiger partial charge in [-0.05, 0) is 37.1 Å². The molecular weight excluding hydrogens is 286 g/mol. The highest BCUT2D eigenvalue weighted by Crippen LogP contribution is 2.37. The zero-order valence-corrected chi connectivity index (χ0v) is 14.1. The number of rotatable bonds is 3. The standard InChI is InChI=1S/C19H23N3O/c1-19(2)17(14-8-6-5-7-9-14)20-18(22(19)23)15-10-12-16(13-11-15)21(3)4/h5-13,18,23H,1-4H3. The van der Waals surface area contributed by atoms with Crippen molar-refractivity contribution in [1.29, 1.82) is 0 Å². The van der Waals surface area contributed by atoms with Gasteiger partial charge in [0, 0.05) is 19.8 Å². The van der Waals surface area contributed by atoms with Gasteiger partial charge in [0.15, 0.2) is 6.17 Å². The Balaban J connectivity index is 1.98. The van der Waals surface area contributed by atoms with Gasteiger partial charge in [0.25, 0.3) is 0 Å². The summed E-state index contributed by atoms with van der Waals surface area (Å²) in [6.45, 7) is 3.99. The second-order valence-electron chi connectivity index (χ2n) is 6.61. The van der Waals surface area contributed by atoms with Crippen molar-refractivity contribution in [2.75, 3.05) is 19.0 Å². The minimum absolute atomic E-state index is 0.378. The lowest BCUT2D eigenvalue weighted by Crippen LogP contribution is -2.44. The summed E-state index contributed by atoms with van der Waals surface area (Å²) in [5.74, 6) is 0. The third kappa shape index (κ3) is 2.76. The van der Waals surface area contributed by atoms with Crippen LogP contribution in [0.2, 0.25) is 0 Å². The van der Waals surface area contributed by atoms with Crippen LogP contribution in [0.5, 0.6) is 0 Å². The van der Waals surface area contributed by atoms with Crippen LogP contribution in [0, 0.1) is 0 Å². The highest BCUT2D eigenvalue weighted by Gasteiger charge is 2.43. The van der Waals surface area contributed by atoms with Crippen molar-refractivity contribution in [2.45, 2.75) is 25.6 Å². The van der Waals surface area contributed by atoms with E-state index in [-0.39, 0.29) is 6.17 Å². The van der Waals surface area contributed by atoms with Crippen molar-refractivity contribution in [3.05, 3.63) is 65.7 Å². The summed E-state index contributed by atoms with van der Waals surface area (Å²) in [4.78, 5) is 6.87. The summed E-state index contributed by atoms with van der Waals surface area (Å²) in [5.41, 5.74) is 3.53. The maximum Gasteiger partial charge on any atom is 0.151 e. The van der Waals surface area contributed by atoms with Gasteiger partial charge < -0.3 is 10.1 Å². The lowest BCUT2D eigenvalue weighted by molar-refractivity contribution is -0.159. The Morgan fingerprint density at radius 3 is 2.17 bits per heavy atom. The average molecular weight is 309 g/mol. The van der Waals surface area contributed by atoms with E-state index < -0.39 is 5.54 Å². The first-order valence-electron chi connectivity index (χ1n) is 7.80. The van der Waals surface area contributed by atoms with E-state index in [0.29, 0.717) is 0 Å². The quantitative estimate of drug-likeness (QED) is 0.939. The highest BCUT2D eigenvalue weighted by molar-refractivity contribution is 6.07. The van der Waals surface area contributed by atoms with Crippen LogP contribution in [-0.4, -0.2) is 35.6 Å². The van der Waals surface area contributed by atoms with Crippen LogP contribution in [0.15, 0.2) is 59.6 Å². The van der Waals surface area contributed by atoms with Crippen molar-refractivity contribution in [2.24, 2.45) is 4.99 Å². The molecule has 0 bridgehead atoms. The maximum atomic E-state index is 10.7. The van der Waals surface area contributed by atoms with Gasteiger partial charge in [0.05, 0.1) is 11.3 Å². The summed E-state index contributed by atoms with van der Waals surface area (Å²) < 4.78 is 0. The van der Waals surface area contributed by atoms with Gasteiger partial charge in [0.1, 0.15) is 0 Å². The molecule has 2 aromatic carbocycles. The third-order valence-corrected chi connectivity index (χ3v) is 4.39. The number of aliphatic imine (C=N–C) groups is 1. The zero-order valence-electron chi connectivity index (χ0n) is 14.1. The lowest BCUT2D eigenvalue weighted by atomic mass is 9.93. The molecule has 0 aliphatic carbocycles. The number of benzene rings is 2. The van der Waals surface area contributed by atoms with Crippen LogP contribution in [0.4, 0.5) is 5.69 Å². The molecule has 0 aromatic heterocycles. The Labute approximate surface area is 137 Å². The molecule has 0 radical (unpaired) electrons. The summed E-state index contributed by atoms with van der Waals surface area (Å²) in [7, 11) is 4.02. The van der Waals surface area contributed by atoms with E-state index in [1.165, 1.54) is 5.06 Å². The largest absolute Gasteiger partial charge is 0.378 e. The summed E-state index contributed by atoms with van der Waals surface area (Å²) in [5, 5.41) is 12.0. The summed E-state index contributed by atoms with van der Waals surface area (Å²) >= 11 is 0. The van der Waals surface area contributed by atoms with Crippen molar-refractivity contribution in [1.82, 2.24) is 5.06 Å². The van der Waals surface area contributed by atoms with Crippen LogP contribution in [0.25, 0.3) is 0 Å². The van der Waals surface area contributed by atoms with E-state index in [2.05, 4.69) is 4.90 Å². The Kier molecular flexibility index (Phi) is 3.96. The summed E-state index contributed by atoms with van der Waals surface area (Å²) in [6.07, 6.45) is -0.378. The summed E-state index contributed by atoms with van der Waals surface area (Å²) in [6, 6.07) is 18.2. The molecule has 4 heteroatoms. The van der Waals surface area contributed by atoms with Gasteiger partial charge in [-0.15, -0.1) is 0 Å². The number of anilines is 1. The molecule has 1 heterocycles. The molecule has 3 rings (SSSR count). The van der Waals surface area contributed by atoms with Crippen molar-refractivity contribution in [3.8, 4) is 0 Å². The molecule has 4 nitrogen and oxygen atoms in total. The third-order valence-electron chi connectivity index (χ3n) is 4.39. The van der Waals surface area contributed by atoms with Crippen LogP contribution < -0.4 is 4.90 Å². The molecule has 1 aliphatic rings. The monoisotopic (exact) mass is 309 g/mol. The molecule has 1 unspecified atom stereocenters. The zero-order chi connectivity index (χ0) is 16.6. The Hall–Kier alpha value is -2.17. The van der Waals surface area contributed by atoms with Gasteiger partial charge in [-0.1, -0.05) is 42.5 Å². The molecule has 0 saturated heterocycles. The van der Waals surface area contributed by atoms with Gasteiger partial charge in [-0.3, -0.25) is 4.99 Å². The fraction of sp³-hybridized carbons (Fsp3) is 0.316. The highest BCUT2D eigenvalue weighted by atomic mass is 16.5. The van der Waals surface area contributed by atoms with Crippen LogP contribution in [0.3, 0.4) is 0 Å². The number of hydroxylamine groups is 2. The van der Waals surface area contributed by atoms with Gasteiger partial charge in [-0.25, -0.2) is 0 Å². The molecule has 120 valence electrons. The Bertz CT molecular complexity index is 705. The molecule has 1 atom stereocenters. The van der Waals surface area contributed by atoms with E-state index in [4.69, 9.17) is 4.99 Å². The van der Waals surface area contributed by atoms with Gasteiger partial charge >= 0.3 is 0 Å². The van der Waals surface area contributed by atoms with Crippen LogP contribution in [-0.2, 0) is 0 Å². The predicted molar refractivity (Wildman–Crippen MR) is 94.2 cm³/mol. The van der Waals surface area contributed by atoms with Gasteiger partial charge in [0.2, 0.25) is 0 Å². The minimum atomic E-state index is -0.535. The van der Waals surface area contributed by atoms with Crippen LogP contribution in [0.1, 0.15) is 31.1 Å². The van der Waals surface area contributed by atoms with Gasteiger partial charge in [-0.2, -0.15) is 5.06 Å². The fourth-order valence-electron chi connectivity index (χ4n) is 2.93. The second-order valence-corrected chi connectivity index (χ2v) is 6.61. The van der Waals surface area contributed by atoms with E-state index >= 15 is 0 Å². The van der Waals surface area contributed by atoms with Crippen molar-refractivity contribution in [3.63, 3.8) is 0 Å². The number of hydrogen-bond acceptors (Lipinski definition) is 4. The Morgan fingerprint density at radius 2 is 1.61 bits per heavy atom. The molecule has 0 spiro atoms. The fourth-order valence-corrected chi connectivity index (χ4v) is 2.93. The SMILES string of the molecule is CN(C)c1ccc(C2N=C(c3ccccc3)C(C)(C)N2O)cc1. The Morgan fingerprint density at radius 1 is 1.00 bits per heavy atom. The predicted octanol–water partition coefficient (Wildman–Crippen LogP) is 3.72. The van der Waals surface area contributed by atoms with E-state index in [1.807, 2.05) is 82.5 Å². The maximum absolute atomic E-state index is 10.7. The minimum Gasteiger partial charge on any atom is -0.378 e. The van der Waals surface area contributed by atoms with E-state index in [9.17, 15) is 5.21 Å². The van der Waals surface area contributed by atoms with E-state index in [0.717, 1.165) is 22.5 Å². The smallest absolute Gasteiger partial charge is 0.151 e. The molecule has 0 fully saturated rings. The first kappa shape index (κ1) is 15.7. The molecule has 0 amide bonds.